The van der Waals surface area contributed by atoms with Crippen molar-refractivity contribution in [2.75, 3.05) is 0 Å². The lowest BCUT2D eigenvalue weighted by atomic mass is 9.73. The molecule has 1 aromatic carbocycles. The van der Waals surface area contributed by atoms with Crippen LogP contribution in [0.1, 0.15) is 38.2 Å². The number of aliphatic carboxylic acids is 1. The highest BCUT2D eigenvalue weighted by atomic mass is 16.6. The van der Waals surface area contributed by atoms with Crippen molar-refractivity contribution in [3.05, 3.63) is 45.5 Å². The molecular formula is C17H18N2O5. The molecule has 0 saturated carbocycles. The first-order valence-electron chi connectivity index (χ1n) is 7.73. The topological polar surface area (TPSA) is 110 Å². The average Bonchev–Trinajstić information content (AvgIpc) is 2.59. The molecule has 1 aliphatic rings. The molecule has 0 aliphatic carbocycles. The lowest BCUT2D eigenvalue weighted by Gasteiger charge is -2.33. The van der Waals surface area contributed by atoms with Crippen LogP contribution in [0.5, 0.6) is 0 Å². The summed E-state index contributed by atoms with van der Waals surface area (Å²) in [6, 6.07) is 5.22. The molecule has 0 amide bonds. The molecule has 2 rings (SSSR count). The number of non-ortho nitro benzene ring substituents is 1. The van der Waals surface area contributed by atoms with Crippen LogP contribution in [-0.4, -0.2) is 33.7 Å². The van der Waals surface area contributed by atoms with Gasteiger partial charge in [0, 0.05) is 29.3 Å². The standard InChI is InChI=1S/C17H18N2O5/c1-3-13-12(9-20)15(16(17(21)22)14(4-2)18-13)10-5-7-11(8-6-10)19(23)24/h5-8,13,15-16H,3-4H2,1-2H3,(H,21,22). The Kier molecular flexibility index (Phi) is 5.26. The van der Waals surface area contributed by atoms with E-state index in [9.17, 15) is 24.8 Å². The zero-order valence-corrected chi connectivity index (χ0v) is 13.4. The Bertz CT molecular complexity index is 732. The van der Waals surface area contributed by atoms with Gasteiger partial charge in [-0.1, -0.05) is 26.0 Å². The van der Waals surface area contributed by atoms with E-state index in [0.717, 1.165) is 0 Å². The van der Waals surface area contributed by atoms with Crippen molar-refractivity contribution < 1.29 is 19.6 Å². The molecule has 1 heterocycles. The summed E-state index contributed by atoms with van der Waals surface area (Å²) in [6.07, 6.45) is 1.02. The van der Waals surface area contributed by atoms with Crippen molar-refractivity contribution in [3.63, 3.8) is 0 Å². The lowest BCUT2D eigenvalue weighted by molar-refractivity contribution is -0.384. The molecule has 0 radical (unpaired) electrons. The number of carbonyl (C=O) groups excluding carboxylic acids is 1. The van der Waals surface area contributed by atoms with Gasteiger partial charge in [-0.05, 0) is 18.4 Å². The Hall–Kier alpha value is -2.79. The highest BCUT2D eigenvalue weighted by Crippen LogP contribution is 2.40. The van der Waals surface area contributed by atoms with Gasteiger partial charge in [0.05, 0.1) is 11.0 Å². The van der Waals surface area contributed by atoms with E-state index in [0.29, 0.717) is 24.1 Å². The maximum atomic E-state index is 11.8. The fourth-order valence-corrected chi connectivity index (χ4v) is 3.14. The van der Waals surface area contributed by atoms with E-state index in [1.165, 1.54) is 24.3 Å². The number of carboxylic acid groups (broad SMARTS) is 1. The maximum absolute atomic E-state index is 11.8. The molecule has 0 saturated heterocycles. The van der Waals surface area contributed by atoms with Crippen molar-refractivity contribution >= 4 is 23.3 Å². The summed E-state index contributed by atoms with van der Waals surface area (Å²) < 4.78 is 0. The smallest absolute Gasteiger partial charge is 0.313 e. The second-order valence-electron chi connectivity index (χ2n) is 5.60. The van der Waals surface area contributed by atoms with Crippen molar-refractivity contribution in [3.8, 4) is 0 Å². The number of nitro benzene ring substituents is 1. The SMILES string of the molecule is CCC1=NC(CC)C(=C=O)C(c2ccc([N+](=O)[O-])cc2)C1C(=O)O. The summed E-state index contributed by atoms with van der Waals surface area (Å²) in [5, 5.41) is 20.5. The molecule has 24 heavy (non-hydrogen) atoms. The molecular weight excluding hydrogens is 312 g/mol. The summed E-state index contributed by atoms with van der Waals surface area (Å²) in [6.45, 7) is 3.69. The first kappa shape index (κ1) is 17.6. The summed E-state index contributed by atoms with van der Waals surface area (Å²) >= 11 is 0. The average molecular weight is 330 g/mol. The Balaban J connectivity index is 2.60. The Morgan fingerprint density at radius 2 is 1.96 bits per heavy atom. The molecule has 7 nitrogen and oxygen atoms in total. The van der Waals surface area contributed by atoms with Crippen LogP contribution in [-0.2, 0) is 9.59 Å². The van der Waals surface area contributed by atoms with Crippen LogP contribution in [0.2, 0.25) is 0 Å². The number of nitro groups is 1. The van der Waals surface area contributed by atoms with E-state index in [1.807, 2.05) is 19.8 Å². The van der Waals surface area contributed by atoms with E-state index in [1.54, 1.807) is 0 Å². The number of aliphatic imine (C=N–C) groups is 1. The maximum Gasteiger partial charge on any atom is 0.313 e. The Morgan fingerprint density at radius 3 is 2.38 bits per heavy atom. The van der Waals surface area contributed by atoms with E-state index >= 15 is 0 Å². The number of hydrogen-bond donors (Lipinski definition) is 1. The van der Waals surface area contributed by atoms with Gasteiger partial charge in [0.2, 0.25) is 0 Å². The van der Waals surface area contributed by atoms with Crippen LogP contribution < -0.4 is 0 Å². The normalized spacial score (nSPS) is 23.3. The molecule has 7 heteroatoms. The third-order valence-corrected chi connectivity index (χ3v) is 4.30. The third kappa shape index (κ3) is 3.12. The van der Waals surface area contributed by atoms with Crippen molar-refractivity contribution in [2.24, 2.45) is 10.9 Å². The van der Waals surface area contributed by atoms with Gasteiger partial charge >= 0.3 is 5.97 Å². The van der Waals surface area contributed by atoms with Gasteiger partial charge in [-0.3, -0.25) is 19.9 Å². The quantitative estimate of drug-likeness (QED) is 0.507. The summed E-state index contributed by atoms with van der Waals surface area (Å²) in [4.78, 5) is 38.0. The predicted molar refractivity (Wildman–Crippen MR) is 88.0 cm³/mol. The summed E-state index contributed by atoms with van der Waals surface area (Å²) in [5.74, 6) is -0.858. The Morgan fingerprint density at radius 1 is 1.33 bits per heavy atom. The van der Waals surface area contributed by atoms with E-state index in [2.05, 4.69) is 4.99 Å². The third-order valence-electron chi connectivity index (χ3n) is 4.30. The van der Waals surface area contributed by atoms with Gasteiger partial charge in [0.25, 0.3) is 5.69 Å². The number of hydrogen-bond acceptors (Lipinski definition) is 5. The van der Waals surface area contributed by atoms with Crippen LogP contribution >= 0.6 is 0 Å². The van der Waals surface area contributed by atoms with E-state index < -0.39 is 28.8 Å². The van der Waals surface area contributed by atoms with Gasteiger partial charge in [-0.25, -0.2) is 4.79 Å². The molecule has 3 atom stereocenters. The van der Waals surface area contributed by atoms with Gasteiger partial charge < -0.3 is 5.11 Å². The fourth-order valence-electron chi connectivity index (χ4n) is 3.14. The predicted octanol–water partition coefficient (Wildman–Crippen LogP) is 2.78. The second kappa shape index (κ2) is 7.19. The van der Waals surface area contributed by atoms with Crippen molar-refractivity contribution in [1.29, 1.82) is 0 Å². The van der Waals surface area contributed by atoms with E-state index in [-0.39, 0.29) is 11.3 Å². The molecule has 0 aromatic heterocycles. The molecule has 1 aromatic rings. The molecule has 1 aliphatic heterocycles. The first-order valence-corrected chi connectivity index (χ1v) is 7.73. The minimum Gasteiger partial charge on any atom is -0.481 e. The minimum absolute atomic E-state index is 0.0884. The zero-order chi connectivity index (χ0) is 17.9. The monoisotopic (exact) mass is 330 g/mol. The molecule has 0 fully saturated rings. The van der Waals surface area contributed by atoms with Crippen LogP contribution in [0, 0.1) is 16.0 Å². The van der Waals surface area contributed by atoms with Crippen LogP contribution in [0.15, 0.2) is 34.8 Å². The highest BCUT2D eigenvalue weighted by Gasteiger charge is 2.42. The number of nitrogens with zero attached hydrogens (tertiary/aromatic N) is 2. The van der Waals surface area contributed by atoms with Gasteiger partial charge in [-0.2, -0.15) is 0 Å². The number of carbonyl (C=O) groups is 1. The first-order chi connectivity index (χ1) is 11.4. The fraction of sp³-hybridized carbons (Fsp3) is 0.412. The lowest BCUT2D eigenvalue weighted by Crippen LogP contribution is -2.38. The molecule has 0 bridgehead atoms. The largest absolute Gasteiger partial charge is 0.481 e. The van der Waals surface area contributed by atoms with Crippen molar-refractivity contribution in [2.45, 2.75) is 38.6 Å². The highest BCUT2D eigenvalue weighted by molar-refractivity contribution is 6.04. The minimum atomic E-state index is -1.07. The molecule has 126 valence electrons. The number of carboxylic acids is 1. The molecule has 3 unspecified atom stereocenters. The number of benzene rings is 1. The van der Waals surface area contributed by atoms with Gasteiger partial charge in [0.1, 0.15) is 11.9 Å². The van der Waals surface area contributed by atoms with Crippen LogP contribution in [0.4, 0.5) is 5.69 Å². The Labute approximate surface area is 138 Å². The second-order valence-corrected chi connectivity index (χ2v) is 5.60. The number of rotatable bonds is 5. The zero-order valence-electron chi connectivity index (χ0n) is 13.4. The van der Waals surface area contributed by atoms with Crippen LogP contribution in [0.25, 0.3) is 0 Å². The summed E-state index contributed by atoms with van der Waals surface area (Å²) in [5.41, 5.74) is 1.27. The van der Waals surface area contributed by atoms with Crippen LogP contribution in [0.3, 0.4) is 0 Å². The van der Waals surface area contributed by atoms with Gasteiger partial charge in [-0.15, -0.1) is 0 Å². The molecule has 0 spiro atoms. The van der Waals surface area contributed by atoms with Gasteiger partial charge in [0.15, 0.2) is 0 Å². The van der Waals surface area contributed by atoms with Crippen molar-refractivity contribution in [1.82, 2.24) is 0 Å². The van der Waals surface area contributed by atoms with E-state index in [4.69, 9.17) is 0 Å². The summed E-state index contributed by atoms with van der Waals surface area (Å²) in [7, 11) is 0. The molecule has 1 N–H and O–H groups in total.